The average molecular weight is 389 g/mol. The molecular formula is C18H19N3O5S. The molecule has 0 spiro atoms. The second-order valence-corrected chi connectivity index (χ2v) is 7.64. The van der Waals surface area contributed by atoms with Gasteiger partial charge in [0.15, 0.2) is 0 Å². The summed E-state index contributed by atoms with van der Waals surface area (Å²) in [5.41, 5.74) is 0.0900. The first-order chi connectivity index (χ1) is 12.9. The van der Waals surface area contributed by atoms with Crippen LogP contribution in [-0.2, 0) is 9.59 Å². The molecule has 1 aromatic rings. The summed E-state index contributed by atoms with van der Waals surface area (Å²) in [6.45, 7) is 3.09. The standard InChI is InChI=1S/C18H19N3O5S/c1-12-6-8-19(9-7-12)16(22)11-20-17(23)15(27-18(20)24)10-13-4-2-3-5-14(13)21(25)26/h2-5,10,12H,6-9,11H2,1H3/b15-10+. The number of hydrogen-bond acceptors (Lipinski definition) is 6. The second kappa shape index (κ2) is 7.91. The van der Waals surface area contributed by atoms with Crippen molar-refractivity contribution in [2.24, 2.45) is 5.92 Å². The fraction of sp³-hybridized carbons (Fsp3) is 0.389. The lowest BCUT2D eigenvalue weighted by Crippen LogP contribution is -2.45. The predicted octanol–water partition coefficient (Wildman–Crippen LogP) is 2.89. The molecule has 0 N–H and O–H groups in total. The van der Waals surface area contributed by atoms with Crippen LogP contribution in [0.4, 0.5) is 10.5 Å². The van der Waals surface area contributed by atoms with Crippen LogP contribution in [0.5, 0.6) is 0 Å². The van der Waals surface area contributed by atoms with E-state index in [4.69, 9.17) is 0 Å². The fourth-order valence-electron chi connectivity index (χ4n) is 3.05. The molecule has 2 heterocycles. The third-order valence-electron chi connectivity index (χ3n) is 4.72. The highest BCUT2D eigenvalue weighted by atomic mass is 32.2. The highest BCUT2D eigenvalue weighted by molar-refractivity contribution is 8.18. The zero-order valence-corrected chi connectivity index (χ0v) is 15.6. The maximum absolute atomic E-state index is 12.5. The van der Waals surface area contributed by atoms with Crippen LogP contribution in [0.2, 0.25) is 0 Å². The zero-order valence-electron chi connectivity index (χ0n) is 14.8. The second-order valence-electron chi connectivity index (χ2n) is 6.65. The topological polar surface area (TPSA) is 101 Å². The van der Waals surface area contributed by atoms with Crippen molar-refractivity contribution >= 4 is 40.6 Å². The molecule has 2 aliphatic heterocycles. The van der Waals surface area contributed by atoms with Gasteiger partial charge in [-0.25, -0.2) is 0 Å². The van der Waals surface area contributed by atoms with E-state index in [9.17, 15) is 24.5 Å². The normalized spacial score (nSPS) is 19.8. The summed E-state index contributed by atoms with van der Waals surface area (Å²) in [5.74, 6) is -0.283. The van der Waals surface area contributed by atoms with E-state index in [0.717, 1.165) is 17.7 Å². The Kier molecular flexibility index (Phi) is 5.59. The van der Waals surface area contributed by atoms with Gasteiger partial charge in [0.2, 0.25) is 5.91 Å². The van der Waals surface area contributed by atoms with Crippen LogP contribution in [-0.4, -0.2) is 51.4 Å². The Bertz CT molecular complexity index is 830. The van der Waals surface area contributed by atoms with Gasteiger partial charge in [-0.05, 0) is 42.7 Å². The van der Waals surface area contributed by atoms with Gasteiger partial charge in [-0.2, -0.15) is 0 Å². The number of carbonyl (C=O) groups is 3. The van der Waals surface area contributed by atoms with Crippen molar-refractivity contribution in [1.29, 1.82) is 0 Å². The Balaban J connectivity index is 1.74. The first-order valence-electron chi connectivity index (χ1n) is 8.63. The fourth-order valence-corrected chi connectivity index (χ4v) is 3.88. The summed E-state index contributed by atoms with van der Waals surface area (Å²) in [5, 5.41) is 10.6. The third-order valence-corrected chi connectivity index (χ3v) is 5.63. The number of thioether (sulfide) groups is 1. The molecule has 2 fully saturated rings. The molecular weight excluding hydrogens is 370 g/mol. The Morgan fingerprint density at radius 2 is 1.96 bits per heavy atom. The maximum Gasteiger partial charge on any atom is 0.294 e. The Morgan fingerprint density at radius 1 is 1.30 bits per heavy atom. The van der Waals surface area contributed by atoms with Crippen LogP contribution in [0.15, 0.2) is 29.2 Å². The van der Waals surface area contributed by atoms with E-state index in [1.54, 1.807) is 11.0 Å². The van der Waals surface area contributed by atoms with E-state index in [1.165, 1.54) is 24.3 Å². The van der Waals surface area contributed by atoms with Gasteiger partial charge in [0.05, 0.1) is 15.4 Å². The number of nitro benzene ring substituents is 1. The van der Waals surface area contributed by atoms with Crippen molar-refractivity contribution in [2.45, 2.75) is 19.8 Å². The van der Waals surface area contributed by atoms with Gasteiger partial charge in [0, 0.05) is 19.2 Å². The molecule has 142 valence electrons. The summed E-state index contributed by atoms with van der Waals surface area (Å²) in [4.78, 5) is 50.4. The summed E-state index contributed by atoms with van der Waals surface area (Å²) in [6, 6.07) is 5.98. The average Bonchev–Trinajstić information content (AvgIpc) is 2.90. The highest BCUT2D eigenvalue weighted by Gasteiger charge is 2.37. The van der Waals surface area contributed by atoms with E-state index in [-0.39, 0.29) is 28.6 Å². The summed E-state index contributed by atoms with van der Waals surface area (Å²) < 4.78 is 0. The molecule has 0 saturated carbocycles. The minimum atomic E-state index is -0.595. The molecule has 2 aliphatic rings. The van der Waals surface area contributed by atoms with Gasteiger partial charge in [0.1, 0.15) is 6.54 Å². The van der Waals surface area contributed by atoms with Crippen LogP contribution >= 0.6 is 11.8 Å². The Morgan fingerprint density at radius 3 is 2.63 bits per heavy atom. The number of piperidine rings is 1. The maximum atomic E-state index is 12.5. The number of likely N-dealkylation sites (tertiary alicyclic amines) is 1. The van der Waals surface area contributed by atoms with Gasteiger partial charge in [0.25, 0.3) is 16.8 Å². The highest BCUT2D eigenvalue weighted by Crippen LogP contribution is 2.34. The number of nitro groups is 1. The van der Waals surface area contributed by atoms with E-state index < -0.39 is 16.1 Å². The number of rotatable bonds is 4. The minimum Gasteiger partial charge on any atom is -0.341 e. The van der Waals surface area contributed by atoms with Gasteiger partial charge in [-0.3, -0.25) is 29.4 Å². The Labute approximate surface area is 160 Å². The molecule has 0 bridgehead atoms. The summed E-state index contributed by atoms with van der Waals surface area (Å²) in [7, 11) is 0. The van der Waals surface area contributed by atoms with Crippen molar-refractivity contribution in [3.05, 3.63) is 44.8 Å². The summed E-state index contributed by atoms with van der Waals surface area (Å²) in [6.07, 6.45) is 3.15. The molecule has 0 radical (unpaired) electrons. The molecule has 0 unspecified atom stereocenters. The van der Waals surface area contributed by atoms with Crippen molar-refractivity contribution in [1.82, 2.24) is 9.80 Å². The smallest absolute Gasteiger partial charge is 0.294 e. The molecule has 2 saturated heterocycles. The molecule has 8 nitrogen and oxygen atoms in total. The molecule has 27 heavy (non-hydrogen) atoms. The lowest BCUT2D eigenvalue weighted by Gasteiger charge is -2.31. The number of benzene rings is 1. The molecule has 0 aromatic heterocycles. The third kappa shape index (κ3) is 4.19. The monoisotopic (exact) mass is 389 g/mol. The number of nitrogens with zero attached hydrogens (tertiary/aromatic N) is 3. The van der Waals surface area contributed by atoms with Crippen molar-refractivity contribution in [2.75, 3.05) is 19.6 Å². The van der Waals surface area contributed by atoms with Gasteiger partial charge < -0.3 is 4.90 Å². The van der Waals surface area contributed by atoms with Crippen LogP contribution in [0.1, 0.15) is 25.3 Å². The van der Waals surface area contributed by atoms with Crippen molar-refractivity contribution in [3.63, 3.8) is 0 Å². The number of carbonyl (C=O) groups excluding carboxylic acids is 3. The van der Waals surface area contributed by atoms with Crippen LogP contribution in [0.3, 0.4) is 0 Å². The molecule has 3 amide bonds. The lowest BCUT2D eigenvalue weighted by molar-refractivity contribution is -0.385. The van der Waals surface area contributed by atoms with Gasteiger partial charge >= 0.3 is 0 Å². The van der Waals surface area contributed by atoms with Crippen LogP contribution in [0, 0.1) is 16.0 Å². The number of amides is 3. The van der Waals surface area contributed by atoms with Crippen LogP contribution < -0.4 is 0 Å². The lowest BCUT2D eigenvalue weighted by atomic mass is 9.99. The molecule has 9 heteroatoms. The Hall–Kier alpha value is -2.68. The predicted molar refractivity (Wildman–Crippen MR) is 101 cm³/mol. The minimum absolute atomic E-state index is 0.0781. The molecule has 1 aromatic carbocycles. The summed E-state index contributed by atoms with van der Waals surface area (Å²) >= 11 is 0.691. The van der Waals surface area contributed by atoms with E-state index in [1.807, 2.05) is 0 Å². The van der Waals surface area contributed by atoms with E-state index in [2.05, 4.69) is 6.92 Å². The SMILES string of the molecule is CC1CCN(C(=O)CN2C(=O)S/C(=C/c3ccccc3[N+](=O)[O-])C2=O)CC1. The molecule has 0 atom stereocenters. The zero-order chi connectivity index (χ0) is 19.6. The molecule has 3 rings (SSSR count). The molecule has 0 aliphatic carbocycles. The quantitative estimate of drug-likeness (QED) is 0.446. The number of para-hydroxylation sites is 1. The largest absolute Gasteiger partial charge is 0.341 e. The van der Waals surface area contributed by atoms with Gasteiger partial charge in [-0.15, -0.1) is 0 Å². The number of imide groups is 1. The van der Waals surface area contributed by atoms with Crippen molar-refractivity contribution < 1.29 is 19.3 Å². The van der Waals surface area contributed by atoms with Crippen molar-refractivity contribution in [3.8, 4) is 0 Å². The number of hydrogen-bond donors (Lipinski definition) is 0. The van der Waals surface area contributed by atoms with E-state index in [0.29, 0.717) is 30.8 Å². The van der Waals surface area contributed by atoms with Gasteiger partial charge in [-0.1, -0.05) is 19.1 Å². The first-order valence-corrected chi connectivity index (χ1v) is 9.45. The van der Waals surface area contributed by atoms with E-state index >= 15 is 0 Å². The van der Waals surface area contributed by atoms with Crippen LogP contribution in [0.25, 0.3) is 6.08 Å². The first kappa shape index (κ1) is 19.1.